The zero-order chi connectivity index (χ0) is 17.9. The zero-order valence-electron chi connectivity index (χ0n) is 12.2. The number of alkyl halides is 3. The van der Waals surface area contributed by atoms with Crippen LogP contribution in [0.2, 0.25) is 0 Å². The van der Waals surface area contributed by atoms with Gasteiger partial charge in [0.15, 0.2) is 0 Å². The van der Waals surface area contributed by atoms with E-state index in [0.717, 1.165) is 7.11 Å². The molecule has 10 heteroatoms. The fourth-order valence-corrected chi connectivity index (χ4v) is 2.33. The lowest BCUT2D eigenvalue weighted by Crippen LogP contribution is -2.13. The van der Waals surface area contributed by atoms with Crippen molar-refractivity contribution in [2.24, 2.45) is 0 Å². The molecule has 0 atom stereocenters. The van der Waals surface area contributed by atoms with Crippen molar-refractivity contribution in [2.45, 2.75) is 11.9 Å². The second kappa shape index (κ2) is 6.95. The number of nitrogens with zero attached hydrogens (tertiary/aromatic N) is 2. The number of hydrogen-bond acceptors (Lipinski definition) is 6. The predicted octanol–water partition coefficient (Wildman–Crippen LogP) is 2.06. The maximum absolute atomic E-state index is 13.0. The third-order valence-corrected chi connectivity index (χ3v) is 3.48. The van der Waals surface area contributed by atoms with Gasteiger partial charge >= 0.3 is 12.1 Å². The maximum Gasteiger partial charge on any atom is 0.433 e. The van der Waals surface area contributed by atoms with Gasteiger partial charge < -0.3 is 4.74 Å². The first-order valence-corrected chi connectivity index (χ1v) is 7.83. The molecule has 0 aliphatic carbocycles. The number of halogens is 3. The minimum atomic E-state index is -4.79. The molecule has 24 heavy (non-hydrogen) atoms. The Kier molecular flexibility index (Phi) is 5.17. The summed E-state index contributed by atoms with van der Waals surface area (Å²) in [5.74, 6) is -2.00. The molecule has 0 spiro atoms. The zero-order valence-corrected chi connectivity index (χ0v) is 13.1. The maximum atomic E-state index is 13.0. The van der Waals surface area contributed by atoms with E-state index in [9.17, 15) is 26.4 Å². The van der Waals surface area contributed by atoms with E-state index < -0.39 is 40.1 Å². The smallest absolute Gasteiger partial charge is 0.433 e. The number of carbonyl (C=O) groups is 1. The first kappa shape index (κ1) is 17.9. The molecule has 2 aromatic rings. The molecule has 0 aliphatic heterocycles. The molecule has 1 heterocycles. The van der Waals surface area contributed by atoms with Gasteiger partial charge in [-0.25, -0.2) is 23.2 Å². The van der Waals surface area contributed by atoms with Crippen LogP contribution in [0.4, 0.5) is 13.2 Å². The quantitative estimate of drug-likeness (QED) is 0.664. The second-order valence-corrected chi connectivity index (χ2v) is 5.56. The van der Waals surface area contributed by atoms with Crippen LogP contribution in [0.15, 0.2) is 30.3 Å². The van der Waals surface area contributed by atoms with Crippen molar-refractivity contribution in [3.8, 4) is 11.3 Å². The van der Waals surface area contributed by atoms with Gasteiger partial charge in [-0.1, -0.05) is 18.2 Å². The fraction of sp³-hybridized carbons (Fsp3) is 0.214. The molecule has 1 aromatic carbocycles. The lowest BCUT2D eigenvalue weighted by Gasteiger charge is -2.11. The SMILES string of the molecule is COC(=O)c1ccccc1-c1cc(C(F)(F)F)nc(C[SH](=O)=O)n1. The molecular weight excluding hydrogens is 349 g/mol. The lowest BCUT2D eigenvalue weighted by molar-refractivity contribution is -0.141. The Morgan fingerprint density at radius 3 is 2.46 bits per heavy atom. The van der Waals surface area contributed by atoms with Crippen molar-refractivity contribution in [3.63, 3.8) is 0 Å². The first-order valence-electron chi connectivity index (χ1n) is 6.47. The van der Waals surface area contributed by atoms with Gasteiger partial charge in [0, 0.05) is 5.56 Å². The largest absolute Gasteiger partial charge is 0.465 e. The predicted molar refractivity (Wildman–Crippen MR) is 77.8 cm³/mol. The summed E-state index contributed by atoms with van der Waals surface area (Å²) in [5.41, 5.74) is -1.42. The molecule has 0 bridgehead atoms. The number of aromatic nitrogens is 2. The summed E-state index contributed by atoms with van der Waals surface area (Å²) in [4.78, 5) is 18.8. The van der Waals surface area contributed by atoms with E-state index in [1.165, 1.54) is 24.3 Å². The highest BCUT2D eigenvalue weighted by Crippen LogP contribution is 2.31. The van der Waals surface area contributed by atoms with Crippen molar-refractivity contribution in [3.05, 3.63) is 47.4 Å². The summed E-state index contributed by atoms with van der Waals surface area (Å²) in [5, 5.41) is 0. The minimum absolute atomic E-state index is 0.00397. The number of benzene rings is 1. The average molecular weight is 360 g/mol. The molecule has 0 aliphatic rings. The van der Waals surface area contributed by atoms with Crippen LogP contribution in [0.25, 0.3) is 11.3 Å². The van der Waals surface area contributed by atoms with Crippen molar-refractivity contribution in [1.29, 1.82) is 0 Å². The Morgan fingerprint density at radius 1 is 1.21 bits per heavy atom. The molecule has 0 N–H and O–H groups in total. The summed E-state index contributed by atoms with van der Waals surface area (Å²) < 4.78 is 65.2. The van der Waals surface area contributed by atoms with Gasteiger partial charge in [-0.2, -0.15) is 13.2 Å². The van der Waals surface area contributed by atoms with Gasteiger partial charge in [0.25, 0.3) is 0 Å². The van der Waals surface area contributed by atoms with Gasteiger partial charge in [0.05, 0.1) is 18.4 Å². The van der Waals surface area contributed by atoms with Crippen molar-refractivity contribution in [1.82, 2.24) is 9.97 Å². The number of methoxy groups -OCH3 is 1. The highest BCUT2D eigenvalue weighted by Gasteiger charge is 2.34. The van der Waals surface area contributed by atoms with Gasteiger partial charge in [0.1, 0.15) is 28.0 Å². The molecule has 128 valence electrons. The molecule has 0 amide bonds. The standard InChI is InChI=1S/C14H11F3N2O4S/c1-23-13(20)9-5-3-2-4-8(9)10-6-11(14(15,16)17)19-12(18-10)7-24(21)22/h2-6,24H,7H2,1H3. The van der Waals surface area contributed by atoms with Crippen LogP contribution >= 0.6 is 0 Å². The van der Waals surface area contributed by atoms with Crippen LogP contribution in [0.1, 0.15) is 21.9 Å². The van der Waals surface area contributed by atoms with E-state index in [-0.39, 0.29) is 16.8 Å². The van der Waals surface area contributed by atoms with Crippen LogP contribution in [0.5, 0.6) is 0 Å². The van der Waals surface area contributed by atoms with E-state index in [1.807, 2.05) is 0 Å². The number of hydrogen-bond donors (Lipinski definition) is 1. The van der Waals surface area contributed by atoms with Crippen LogP contribution in [-0.4, -0.2) is 31.5 Å². The lowest BCUT2D eigenvalue weighted by atomic mass is 10.0. The van der Waals surface area contributed by atoms with Crippen LogP contribution in [0.3, 0.4) is 0 Å². The average Bonchev–Trinajstić information content (AvgIpc) is 2.52. The molecule has 0 saturated carbocycles. The van der Waals surface area contributed by atoms with Gasteiger partial charge in [-0.05, 0) is 12.1 Å². The van der Waals surface area contributed by atoms with Gasteiger partial charge in [0.2, 0.25) is 0 Å². The third-order valence-electron chi connectivity index (χ3n) is 2.94. The highest BCUT2D eigenvalue weighted by molar-refractivity contribution is 7.71. The molecule has 1 aromatic heterocycles. The van der Waals surface area contributed by atoms with E-state index in [2.05, 4.69) is 14.7 Å². The molecule has 2 rings (SSSR count). The number of carbonyl (C=O) groups excluding carboxylic acids is 1. The summed E-state index contributed by atoms with van der Waals surface area (Å²) >= 11 is 0. The van der Waals surface area contributed by atoms with Crippen LogP contribution in [-0.2, 0) is 27.4 Å². The Bertz CT molecular complexity index is 842. The van der Waals surface area contributed by atoms with E-state index in [1.54, 1.807) is 0 Å². The Labute approximate surface area is 136 Å². The van der Waals surface area contributed by atoms with E-state index >= 15 is 0 Å². The second-order valence-electron chi connectivity index (χ2n) is 4.58. The Morgan fingerprint density at radius 2 is 1.88 bits per heavy atom. The van der Waals surface area contributed by atoms with Crippen LogP contribution in [0, 0.1) is 0 Å². The van der Waals surface area contributed by atoms with Crippen molar-refractivity contribution < 1.29 is 31.1 Å². The molecule has 0 radical (unpaired) electrons. The van der Waals surface area contributed by atoms with E-state index in [4.69, 9.17) is 0 Å². The van der Waals surface area contributed by atoms with Gasteiger partial charge in [-0.15, -0.1) is 0 Å². The number of esters is 1. The normalized spacial score (nSPS) is 11.5. The molecular formula is C14H11F3N2O4S. The summed E-state index contributed by atoms with van der Waals surface area (Å²) in [6.45, 7) is 0. The van der Waals surface area contributed by atoms with Crippen LogP contribution < -0.4 is 0 Å². The summed E-state index contributed by atoms with van der Waals surface area (Å²) in [7, 11) is -1.88. The Hall–Kier alpha value is -2.49. The fourth-order valence-electron chi connectivity index (χ4n) is 1.96. The minimum Gasteiger partial charge on any atom is -0.465 e. The number of rotatable bonds is 4. The summed E-state index contributed by atoms with van der Waals surface area (Å²) in [6, 6.07) is 6.42. The van der Waals surface area contributed by atoms with Crippen molar-refractivity contribution >= 4 is 16.7 Å². The molecule has 0 unspecified atom stereocenters. The highest BCUT2D eigenvalue weighted by atomic mass is 32.2. The van der Waals surface area contributed by atoms with Crippen molar-refractivity contribution in [2.75, 3.05) is 7.11 Å². The third kappa shape index (κ3) is 4.07. The molecule has 0 saturated heterocycles. The molecule has 0 fully saturated rings. The topological polar surface area (TPSA) is 86.2 Å². The number of ether oxygens (including phenoxy) is 1. The monoisotopic (exact) mass is 360 g/mol. The van der Waals surface area contributed by atoms with Gasteiger partial charge in [-0.3, -0.25) is 0 Å². The molecule has 6 nitrogen and oxygen atoms in total. The first-order chi connectivity index (χ1) is 11.2. The number of thiol groups is 1. The van der Waals surface area contributed by atoms with E-state index in [0.29, 0.717) is 6.07 Å². The Balaban J connectivity index is 2.68. The summed E-state index contributed by atoms with van der Waals surface area (Å²) in [6.07, 6.45) is -4.79.